The Hall–Kier alpha value is -2.68. The molecule has 0 aliphatic carbocycles. The Morgan fingerprint density at radius 1 is 1.25 bits per heavy atom. The van der Waals surface area contributed by atoms with E-state index in [4.69, 9.17) is 10.00 Å². The average molecular weight is 376 g/mol. The number of ether oxygens (including phenoxy) is 1. The van der Waals surface area contributed by atoms with Crippen LogP contribution < -0.4 is 0 Å². The molecule has 1 amide bonds. The zero-order chi connectivity index (χ0) is 19.8. The number of amides is 1. The summed E-state index contributed by atoms with van der Waals surface area (Å²) in [4.78, 5) is 14.9. The molecule has 144 valence electrons. The molecule has 1 saturated heterocycles. The topological polar surface area (TPSA) is 73.6 Å². The van der Waals surface area contributed by atoms with Gasteiger partial charge in [-0.05, 0) is 72.7 Å². The maximum Gasteiger partial charge on any atom is 0.254 e. The van der Waals surface area contributed by atoms with Crippen LogP contribution in [0.5, 0.6) is 0 Å². The normalized spacial score (nSPS) is 21.5. The minimum Gasteiger partial charge on any atom is -0.391 e. The minimum absolute atomic E-state index is 0.0197. The molecule has 2 aliphatic heterocycles. The van der Waals surface area contributed by atoms with E-state index in [9.17, 15) is 9.90 Å². The van der Waals surface area contributed by atoms with E-state index in [1.54, 1.807) is 4.90 Å². The van der Waals surface area contributed by atoms with Crippen molar-refractivity contribution >= 4 is 5.91 Å². The molecule has 1 fully saturated rings. The minimum atomic E-state index is -0.536. The van der Waals surface area contributed by atoms with Gasteiger partial charge in [-0.2, -0.15) is 5.26 Å². The van der Waals surface area contributed by atoms with Gasteiger partial charge < -0.3 is 14.7 Å². The number of nitriles is 1. The molecular weight excluding hydrogens is 352 g/mol. The summed E-state index contributed by atoms with van der Waals surface area (Å²) in [5.74, 6) is -0.0197. The average Bonchev–Trinajstić information content (AvgIpc) is 3.03. The van der Waals surface area contributed by atoms with Crippen LogP contribution in [0.1, 0.15) is 50.2 Å². The predicted octanol–water partition coefficient (Wildman–Crippen LogP) is 2.87. The largest absolute Gasteiger partial charge is 0.391 e. The van der Waals surface area contributed by atoms with Crippen molar-refractivity contribution < 1.29 is 14.6 Å². The van der Waals surface area contributed by atoms with E-state index in [2.05, 4.69) is 19.9 Å². The molecule has 0 aromatic heterocycles. The fourth-order valence-electron chi connectivity index (χ4n) is 4.21. The van der Waals surface area contributed by atoms with Gasteiger partial charge in [0, 0.05) is 18.7 Å². The molecule has 0 bridgehead atoms. The van der Waals surface area contributed by atoms with Gasteiger partial charge in [-0.3, -0.25) is 4.79 Å². The van der Waals surface area contributed by atoms with Crippen molar-refractivity contribution in [3.63, 3.8) is 0 Å². The molecule has 2 aromatic carbocycles. The van der Waals surface area contributed by atoms with Gasteiger partial charge in [0.2, 0.25) is 0 Å². The lowest BCUT2D eigenvalue weighted by Crippen LogP contribution is -2.49. The van der Waals surface area contributed by atoms with Crippen LogP contribution in [-0.2, 0) is 17.7 Å². The molecule has 4 rings (SSSR count). The third-order valence-electron chi connectivity index (χ3n) is 6.13. The second kappa shape index (κ2) is 7.38. The van der Waals surface area contributed by atoms with Crippen LogP contribution in [0.3, 0.4) is 0 Å². The lowest BCUT2D eigenvalue weighted by Gasteiger charge is -2.34. The van der Waals surface area contributed by atoms with Gasteiger partial charge in [0.25, 0.3) is 5.91 Å². The quantitative estimate of drug-likeness (QED) is 0.894. The summed E-state index contributed by atoms with van der Waals surface area (Å²) < 4.78 is 5.51. The first-order chi connectivity index (χ1) is 13.5. The molecule has 2 unspecified atom stereocenters. The van der Waals surface area contributed by atoms with E-state index >= 15 is 0 Å². The molecule has 2 atom stereocenters. The van der Waals surface area contributed by atoms with Crippen molar-refractivity contribution in [1.29, 1.82) is 5.26 Å². The first kappa shape index (κ1) is 18.7. The highest BCUT2D eigenvalue weighted by atomic mass is 16.5. The Labute approximate surface area is 165 Å². The number of hydrogen-bond donors (Lipinski definition) is 1. The summed E-state index contributed by atoms with van der Waals surface area (Å²) in [7, 11) is 0. The molecule has 2 aliphatic rings. The number of fused-ring (bicyclic) bond motifs is 1. The van der Waals surface area contributed by atoms with E-state index in [0.29, 0.717) is 38.2 Å². The lowest BCUT2D eigenvalue weighted by atomic mass is 9.91. The number of benzene rings is 2. The molecule has 2 aromatic rings. The van der Waals surface area contributed by atoms with Gasteiger partial charge in [-0.15, -0.1) is 0 Å². The first-order valence-electron chi connectivity index (χ1n) is 9.67. The zero-order valence-electron chi connectivity index (χ0n) is 16.2. The fraction of sp³-hybridized carbons (Fsp3) is 0.391. The molecule has 0 radical (unpaired) electrons. The standard InChI is InChI=1S/C23H24N2O3/c1-14-15(2)20-12-25(21-13-28-8-7-22(21)26)23(27)19(20)10-18(14)9-16-3-5-17(11-24)6-4-16/h3-6,10,21-22,26H,7-9,12-13H2,1-2H3. The number of carbonyl (C=O) groups excluding carboxylic acids is 1. The number of carbonyl (C=O) groups is 1. The first-order valence-corrected chi connectivity index (χ1v) is 9.67. The third kappa shape index (κ3) is 3.19. The van der Waals surface area contributed by atoms with Gasteiger partial charge >= 0.3 is 0 Å². The summed E-state index contributed by atoms with van der Waals surface area (Å²) in [5, 5.41) is 19.3. The van der Waals surface area contributed by atoms with E-state index < -0.39 is 6.10 Å². The van der Waals surface area contributed by atoms with Gasteiger partial charge in [-0.1, -0.05) is 12.1 Å². The van der Waals surface area contributed by atoms with Gasteiger partial charge in [0.15, 0.2) is 0 Å². The Bertz CT molecular complexity index is 959. The van der Waals surface area contributed by atoms with Crippen LogP contribution in [0.2, 0.25) is 0 Å². The Morgan fingerprint density at radius 3 is 2.68 bits per heavy atom. The summed E-state index contributed by atoms with van der Waals surface area (Å²) in [6.45, 7) is 5.63. The SMILES string of the molecule is Cc1c(Cc2ccc(C#N)cc2)cc2c(c1C)CN(C1COCCC1O)C2=O. The van der Waals surface area contributed by atoms with Crippen LogP contribution >= 0.6 is 0 Å². The fourth-order valence-corrected chi connectivity index (χ4v) is 4.21. The second-order valence-corrected chi connectivity index (χ2v) is 7.73. The molecular formula is C23H24N2O3. The molecule has 0 saturated carbocycles. The van der Waals surface area contributed by atoms with E-state index in [1.807, 2.05) is 30.3 Å². The Morgan fingerprint density at radius 2 is 2.00 bits per heavy atom. The lowest BCUT2D eigenvalue weighted by molar-refractivity contribution is -0.0528. The highest BCUT2D eigenvalue weighted by molar-refractivity contribution is 5.99. The molecule has 0 spiro atoms. The van der Waals surface area contributed by atoms with Crippen LogP contribution in [-0.4, -0.2) is 41.3 Å². The van der Waals surface area contributed by atoms with Crippen LogP contribution in [0, 0.1) is 25.2 Å². The Balaban J connectivity index is 1.64. The zero-order valence-corrected chi connectivity index (χ0v) is 16.2. The van der Waals surface area contributed by atoms with Gasteiger partial charge in [0.05, 0.1) is 30.4 Å². The number of aliphatic hydroxyl groups excluding tert-OH is 1. The molecule has 28 heavy (non-hydrogen) atoms. The smallest absolute Gasteiger partial charge is 0.254 e. The molecule has 2 heterocycles. The van der Waals surface area contributed by atoms with Crippen LogP contribution in [0.4, 0.5) is 0 Å². The predicted molar refractivity (Wildman–Crippen MR) is 105 cm³/mol. The molecule has 1 N–H and O–H groups in total. The highest BCUT2D eigenvalue weighted by Gasteiger charge is 2.39. The number of aliphatic hydroxyl groups is 1. The third-order valence-corrected chi connectivity index (χ3v) is 6.13. The van der Waals surface area contributed by atoms with Crippen molar-refractivity contribution in [2.24, 2.45) is 0 Å². The van der Waals surface area contributed by atoms with Crippen LogP contribution in [0.15, 0.2) is 30.3 Å². The number of nitrogens with zero attached hydrogens (tertiary/aromatic N) is 2. The monoisotopic (exact) mass is 376 g/mol. The van der Waals surface area contributed by atoms with Crippen molar-refractivity contribution in [3.8, 4) is 6.07 Å². The number of rotatable bonds is 3. The highest BCUT2D eigenvalue weighted by Crippen LogP contribution is 2.33. The van der Waals surface area contributed by atoms with Crippen molar-refractivity contribution in [2.75, 3.05) is 13.2 Å². The maximum atomic E-state index is 13.1. The molecule has 5 nitrogen and oxygen atoms in total. The maximum absolute atomic E-state index is 13.1. The second-order valence-electron chi connectivity index (χ2n) is 7.73. The van der Waals surface area contributed by atoms with E-state index in [-0.39, 0.29) is 11.9 Å². The Kier molecular flexibility index (Phi) is 4.92. The van der Waals surface area contributed by atoms with Crippen molar-refractivity contribution in [3.05, 3.63) is 69.3 Å². The number of hydrogen-bond acceptors (Lipinski definition) is 4. The summed E-state index contributed by atoms with van der Waals surface area (Å²) in [5.41, 5.74) is 7.01. The van der Waals surface area contributed by atoms with Crippen LogP contribution in [0.25, 0.3) is 0 Å². The van der Waals surface area contributed by atoms with Crippen molar-refractivity contribution in [1.82, 2.24) is 4.90 Å². The van der Waals surface area contributed by atoms with Gasteiger partial charge in [-0.25, -0.2) is 0 Å². The van der Waals surface area contributed by atoms with E-state index in [0.717, 1.165) is 27.8 Å². The van der Waals surface area contributed by atoms with Gasteiger partial charge in [0.1, 0.15) is 0 Å². The van der Waals surface area contributed by atoms with E-state index in [1.165, 1.54) is 5.56 Å². The summed E-state index contributed by atoms with van der Waals surface area (Å²) >= 11 is 0. The summed E-state index contributed by atoms with van der Waals surface area (Å²) in [6, 6.07) is 11.4. The molecule has 5 heteroatoms. The summed E-state index contributed by atoms with van der Waals surface area (Å²) in [6.07, 6.45) is 0.743. The van der Waals surface area contributed by atoms with Crippen molar-refractivity contribution in [2.45, 2.75) is 45.4 Å².